The van der Waals surface area contributed by atoms with Crippen molar-refractivity contribution in [2.24, 2.45) is 5.73 Å². The monoisotopic (exact) mass is 548 g/mol. The van der Waals surface area contributed by atoms with Crippen molar-refractivity contribution in [2.45, 2.75) is 25.3 Å². The molecule has 2 aliphatic heterocycles. The molecule has 3 N–H and O–H groups in total. The van der Waals surface area contributed by atoms with Crippen molar-refractivity contribution in [3.63, 3.8) is 0 Å². The lowest BCUT2D eigenvalue weighted by Gasteiger charge is -2.44. The summed E-state index contributed by atoms with van der Waals surface area (Å²) in [5.74, 6) is 0.428. The lowest BCUT2D eigenvalue weighted by atomic mass is 9.96. The van der Waals surface area contributed by atoms with Gasteiger partial charge in [-0.3, -0.25) is 4.79 Å². The number of amides is 1. The number of aromatic nitrogens is 2. The maximum atomic E-state index is 16.6. The Labute approximate surface area is 230 Å². The van der Waals surface area contributed by atoms with Crippen LogP contribution in [0.25, 0.3) is 32.8 Å². The molecule has 2 fully saturated rings. The Morgan fingerprint density at radius 1 is 1.10 bits per heavy atom. The van der Waals surface area contributed by atoms with Crippen LogP contribution in [0.4, 0.5) is 16.2 Å². The zero-order chi connectivity index (χ0) is 27.3. The van der Waals surface area contributed by atoms with Gasteiger partial charge in [0, 0.05) is 44.2 Å². The molecule has 0 radical (unpaired) electrons. The highest BCUT2D eigenvalue weighted by atomic mass is 35.5. The van der Waals surface area contributed by atoms with Crippen molar-refractivity contribution in [3.05, 3.63) is 53.3 Å². The maximum absolute atomic E-state index is 16.6. The Morgan fingerprint density at radius 2 is 1.85 bits per heavy atom. The number of phenolic OH excluding ortho intramolecular Hbond substituents is 1. The first-order valence-electron chi connectivity index (χ1n) is 13.2. The van der Waals surface area contributed by atoms with Crippen molar-refractivity contribution >= 4 is 50.9 Å². The zero-order valence-electron chi connectivity index (χ0n) is 21.7. The molecule has 39 heavy (non-hydrogen) atoms. The number of hydrogen-bond acceptors (Lipinski definition) is 7. The molecular formula is C29H30ClFN6O2. The average molecular weight is 549 g/mol. The fourth-order valence-corrected chi connectivity index (χ4v) is 5.91. The number of rotatable bonds is 5. The number of phenols is 1. The van der Waals surface area contributed by atoms with Crippen molar-refractivity contribution in [1.29, 1.82) is 0 Å². The maximum Gasteiger partial charge on any atom is 0.236 e. The number of halogens is 2. The summed E-state index contributed by atoms with van der Waals surface area (Å²) in [4.78, 5) is 27.4. The molecule has 202 valence electrons. The van der Waals surface area contributed by atoms with Crippen LogP contribution in [0, 0.1) is 5.82 Å². The highest BCUT2D eigenvalue weighted by Gasteiger charge is 2.35. The van der Waals surface area contributed by atoms with Crippen molar-refractivity contribution in [3.8, 4) is 16.9 Å². The molecule has 0 aliphatic carbocycles. The first-order valence-corrected chi connectivity index (χ1v) is 13.6. The number of carbonyl (C=O) groups is 1. The summed E-state index contributed by atoms with van der Waals surface area (Å²) < 4.78 is 16.6. The fourth-order valence-electron chi connectivity index (χ4n) is 5.62. The number of aromatic hydroxyl groups is 1. The Bertz CT molecular complexity index is 1590. The van der Waals surface area contributed by atoms with Gasteiger partial charge in [0.05, 0.1) is 17.6 Å². The van der Waals surface area contributed by atoms with Crippen LogP contribution >= 0.6 is 11.6 Å². The molecule has 1 amide bonds. The van der Waals surface area contributed by atoms with Gasteiger partial charge in [-0.05, 0) is 53.8 Å². The Kier molecular flexibility index (Phi) is 6.64. The van der Waals surface area contributed by atoms with Gasteiger partial charge in [-0.1, -0.05) is 35.9 Å². The number of carbonyl (C=O) groups excluding carboxylic acids is 1. The molecule has 2 saturated heterocycles. The summed E-state index contributed by atoms with van der Waals surface area (Å²) in [6.45, 7) is 2.66. The standard InChI is InChI=1S/C29H30ClFN6O2/c1-35(24(39)14-32)18-15-37(16-18)29-33-27-22(28(34-29)36-9-5-2-6-10-36)13-23(30)25(26(27)31)21-12-19(38)11-17-7-3-4-8-20(17)21/h3-4,7-8,11-13,18,38H,2,5-6,9-10,14-16,32H2,1H3. The summed E-state index contributed by atoms with van der Waals surface area (Å²) in [6, 6.07) is 12.4. The molecule has 3 aromatic carbocycles. The van der Waals surface area contributed by atoms with E-state index in [-0.39, 0.29) is 40.3 Å². The smallest absolute Gasteiger partial charge is 0.236 e. The van der Waals surface area contributed by atoms with Gasteiger partial charge in [-0.15, -0.1) is 0 Å². The SMILES string of the molecule is CN(C(=O)CN)C1CN(c2nc(N3CCCCC3)c3cc(Cl)c(-c4cc(O)cc5ccccc45)c(F)c3n2)C1. The first-order chi connectivity index (χ1) is 18.9. The van der Waals surface area contributed by atoms with E-state index in [0.29, 0.717) is 35.8 Å². The quantitative estimate of drug-likeness (QED) is 0.377. The third-order valence-corrected chi connectivity index (χ3v) is 8.18. The van der Waals surface area contributed by atoms with Crippen LogP contribution in [-0.4, -0.2) is 71.7 Å². The van der Waals surface area contributed by atoms with Crippen LogP contribution in [0.1, 0.15) is 19.3 Å². The molecule has 0 spiro atoms. The topological polar surface area (TPSA) is 98.8 Å². The van der Waals surface area contributed by atoms with Crippen LogP contribution in [0.3, 0.4) is 0 Å². The minimum Gasteiger partial charge on any atom is -0.508 e. The summed E-state index contributed by atoms with van der Waals surface area (Å²) in [5, 5.41) is 12.8. The third-order valence-electron chi connectivity index (χ3n) is 7.88. The first kappa shape index (κ1) is 25.6. The highest BCUT2D eigenvalue weighted by molar-refractivity contribution is 6.35. The van der Waals surface area contributed by atoms with E-state index in [1.165, 1.54) is 6.07 Å². The molecule has 0 saturated carbocycles. The third kappa shape index (κ3) is 4.49. The second-order valence-electron chi connectivity index (χ2n) is 10.3. The van der Waals surface area contributed by atoms with Gasteiger partial charge >= 0.3 is 0 Å². The largest absolute Gasteiger partial charge is 0.508 e. The van der Waals surface area contributed by atoms with Crippen LogP contribution in [0.15, 0.2) is 42.5 Å². The van der Waals surface area contributed by atoms with Crippen molar-refractivity contribution in [2.75, 3.05) is 49.6 Å². The van der Waals surface area contributed by atoms with E-state index >= 15 is 4.39 Å². The van der Waals surface area contributed by atoms with Gasteiger partial charge < -0.3 is 25.5 Å². The number of hydrogen-bond donors (Lipinski definition) is 2. The van der Waals surface area contributed by atoms with Crippen LogP contribution in [0.5, 0.6) is 5.75 Å². The molecular weight excluding hydrogens is 519 g/mol. The van der Waals surface area contributed by atoms with E-state index in [9.17, 15) is 9.90 Å². The van der Waals surface area contributed by atoms with E-state index in [4.69, 9.17) is 27.3 Å². The van der Waals surface area contributed by atoms with E-state index in [1.54, 1.807) is 24.1 Å². The van der Waals surface area contributed by atoms with Crippen molar-refractivity contribution in [1.82, 2.24) is 14.9 Å². The highest BCUT2D eigenvalue weighted by Crippen LogP contribution is 2.43. The van der Waals surface area contributed by atoms with E-state index in [1.807, 2.05) is 29.2 Å². The van der Waals surface area contributed by atoms with Crippen LogP contribution in [-0.2, 0) is 4.79 Å². The van der Waals surface area contributed by atoms with Gasteiger partial charge in [-0.25, -0.2) is 9.37 Å². The van der Waals surface area contributed by atoms with Crippen LogP contribution < -0.4 is 15.5 Å². The lowest BCUT2D eigenvalue weighted by Crippen LogP contribution is -2.61. The van der Waals surface area contributed by atoms with Gasteiger partial charge in [0.2, 0.25) is 11.9 Å². The summed E-state index contributed by atoms with van der Waals surface area (Å²) in [7, 11) is 1.74. The lowest BCUT2D eigenvalue weighted by molar-refractivity contribution is -0.130. The van der Waals surface area contributed by atoms with E-state index in [0.717, 1.165) is 43.1 Å². The Morgan fingerprint density at radius 3 is 2.59 bits per heavy atom. The number of fused-ring (bicyclic) bond motifs is 2. The number of piperidine rings is 1. The molecule has 2 aliphatic rings. The molecule has 0 atom stereocenters. The molecule has 10 heteroatoms. The van der Waals surface area contributed by atoms with Gasteiger partial charge in [0.25, 0.3) is 0 Å². The predicted octanol–water partition coefficient (Wildman–Crippen LogP) is 4.54. The second kappa shape index (κ2) is 10.1. The second-order valence-corrected chi connectivity index (χ2v) is 10.7. The minimum atomic E-state index is -0.553. The predicted molar refractivity (Wildman–Crippen MR) is 153 cm³/mol. The molecule has 3 heterocycles. The van der Waals surface area contributed by atoms with Gasteiger partial charge in [-0.2, -0.15) is 4.98 Å². The van der Waals surface area contributed by atoms with Gasteiger partial charge in [0.15, 0.2) is 5.82 Å². The Hall–Kier alpha value is -3.69. The average Bonchev–Trinajstić information content (AvgIpc) is 2.92. The zero-order valence-corrected chi connectivity index (χ0v) is 22.5. The van der Waals surface area contributed by atoms with Crippen molar-refractivity contribution < 1.29 is 14.3 Å². The molecule has 0 unspecified atom stereocenters. The molecule has 8 nitrogen and oxygen atoms in total. The molecule has 1 aromatic heterocycles. The molecule has 6 rings (SSSR count). The van der Waals surface area contributed by atoms with Crippen LogP contribution in [0.2, 0.25) is 5.02 Å². The number of nitrogens with two attached hydrogens (primary N) is 1. The fraction of sp³-hybridized carbons (Fsp3) is 0.345. The number of anilines is 2. The Balaban J connectivity index is 1.50. The minimum absolute atomic E-state index is 0.0110. The summed E-state index contributed by atoms with van der Waals surface area (Å²) in [5.41, 5.74) is 6.41. The number of likely N-dealkylation sites (N-methyl/N-ethyl adjacent to an activating group) is 1. The van der Waals surface area contributed by atoms with Gasteiger partial charge in [0.1, 0.15) is 17.1 Å². The molecule has 0 bridgehead atoms. The number of benzene rings is 3. The normalized spacial score (nSPS) is 16.1. The summed E-state index contributed by atoms with van der Waals surface area (Å²) >= 11 is 6.79. The molecule has 4 aromatic rings. The number of nitrogens with zero attached hydrogens (tertiary/aromatic N) is 5. The summed E-state index contributed by atoms with van der Waals surface area (Å²) in [6.07, 6.45) is 3.20. The van der Waals surface area contributed by atoms with E-state index in [2.05, 4.69) is 4.90 Å². The van der Waals surface area contributed by atoms with E-state index < -0.39 is 5.82 Å².